The first kappa shape index (κ1) is 11.9. The Kier molecular flexibility index (Phi) is 3.82. The molecule has 0 radical (unpaired) electrons. The predicted molar refractivity (Wildman–Crippen MR) is 66.2 cm³/mol. The molecule has 1 aliphatic heterocycles. The fraction of sp³-hybridized carbons (Fsp3) is 0.636. The van der Waals surface area contributed by atoms with Crippen molar-refractivity contribution in [2.24, 2.45) is 5.92 Å². The average Bonchev–Trinajstić information content (AvgIpc) is 2.87. The van der Waals surface area contributed by atoms with Crippen LogP contribution in [-0.2, 0) is 0 Å². The normalized spacial score (nSPS) is 20.4. The molecular formula is C11H15ClN2OS. The van der Waals surface area contributed by atoms with E-state index in [1.165, 1.54) is 11.3 Å². The number of thiazole rings is 1. The first-order valence-corrected chi connectivity index (χ1v) is 6.83. The highest BCUT2D eigenvalue weighted by atomic mass is 35.5. The molecule has 0 N–H and O–H groups in total. The highest BCUT2D eigenvalue weighted by Gasteiger charge is 2.27. The lowest BCUT2D eigenvalue weighted by atomic mass is 10.1. The SMILES string of the molecule is Cc1ncc(C(=O)N2CCC(CCCl)C2)s1. The van der Waals surface area contributed by atoms with E-state index in [9.17, 15) is 4.79 Å². The maximum absolute atomic E-state index is 12.1. The fourth-order valence-corrected chi connectivity index (χ4v) is 3.08. The molecule has 0 bridgehead atoms. The van der Waals surface area contributed by atoms with Gasteiger partial charge in [0.25, 0.3) is 5.91 Å². The number of carbonyl (C=O) groups excluding carboxylic acids is 1. The topological polar surface area (TPSA) is 33.2 Å². The lowest BCUT2D eigenvalue weighted by Crippen LogP contribution is -2.28. The molecule has 0 aliphatic carbocycles. The van der Waals surface area contributed by atoms with Crippen molar-refractivity contribution in [2.75, 3.05) is 19.0 Å². The summed E-state index contributed by atoms with van der Waals surface area (Å²) in [6.07, 6.45) is 3.76. The number of rotatable bonds is 3. The number of carbonyl (C=O) groups is 1. The van der Waals surface area contributed by atoms with Gasteiger partial charge in [-0.05, 0) is 25.7 Å². The van der Waals surface area contributed by atoms with Crippen LogP contribution in [0.1, 0.15) is 27.5 Å². The number of likely N-dealkylation sites (tertiary alicyclic amines) is 1. The summed E-state index contributed by atoms with van der Waals surface area (Å²) in [5.41, 5.74) is 0. The van der Waals surface area contributed by atoms with Crippen molar-refractivity contribution in [1.29, 1.82) is 0 Å². The lowest BCUT2D eigenvalue weighted by molar-refractivity contribution is 0.0791. The molecule has 0 aromatic carbocycles. The molecule has 5 heteroatoms. The Morgan fingerprint density at radius 2 is 2.56 bits per heavy atom. The smallest absolute Gasteiger partial charge is 0.265 e. The summed E-state index contributed by atoms with van der Waals surface area (Å²) in [7, 11) is 0. The van der Waals surface area contributed by atoms with Crippen molar-refractivity contribution in [2.45, 2.75) is 19.8 Å². The number of hydrogen-bond acceptors (Lipinski definition) is 3. The van der Waals surface area contributed by atoms with Gasteiger partial charge in [-0.2, -0.15) is 0 Å². The van der Waals surface area contributed by atoms with Crippen LogP contribution in [0.4, 0.5) is 0 Å². The van der Waals surface area contributed by atoms with E-state index >= 15 is 0 Å². The van der Waals surface area contributed by atoms with Gasteiger partial charge in [-0.3, -0.25) is 4.79 Å². The van der Waals surface area contributed by atoms with Gasteiger partial charge < -0.3 is 4.90 Å². The van der Waals surface area contributed by atoms with Gasteiger partial charge >= 0.3 is 0 Å². The minimum absolute atomic E-state index is 0.127. The van der Waals surface area contributed by atoms with Gasteiger partial charge in [0.05, 0.1) is 11.2 Å². The first-order valence-electron chi connectivity index (χ1n) is 5.48. The molecule has 3 nitrogen and oxygen atoms in total. The van der Waals surface area contributed by atoms with Crippen LogP contribution in [0.15, 0.2) is 6.20 Å². The van der Waals surface area contributed by atoms with E-state index in [2.05, 4.69) is 4.98 Å². The molecule has 1 unspecified atom stereocenters. The molecular weight excluding hydrogens is 244 g/mol. The van der Waals surface area contributed by atoms with E-state index < -0.39 is 0 Å². The van der Waals surface area contributed by atoms with Crippen LogP contribution in [0.3, 0.4) is 0 Å². The Hall–Kier alpha value is -0.610. The Bertz CT molecular complexity index is 380. The van der Waals surface area contributed by atoms with E-state index in [-0.39, 0.29) is 5.91 Å². The molecule has 0 saturated carbocycles. The van der Waals surface area contributed by atoms with Crippen molar-refractivity contribution < 1.29 is 4.79 Å². The van der Waals surface area contributed by atoms with Gasteiger partial charge in [0.1, 0.15) is 4.88 Å². The monoisotopic (exact) mass is 258 g/mol. The Morgan fingerprint density at radius 3 is 3.19 bits per heavy atom. The minimum atomic E-state index is 0.127. The van der Waals surface area contributed by atoms with Crippen LogP contribution in [0, 0.1) is 12.8 Å². The number of hydrogen-bond donors (Lipinski definition) is 0. The number of aromatic nitrogens is 1. The zero-order valence-electron chi connectivity index (χ0n) is 9.28. The highest BCUT2D eigenvalue weighted by molar-refractivity contribution is 7.13. The third kappa shape index (κ3) is 2.55. The second-order valence-electron chi connectivity index (χ2n) is 4.13. The molecule has 1 fully saturated rings. The molecule has 1 aliphatic rings. The summed E-state index contributed by atoms with van der Waals surface area (Å²) in [5, 5.41) is 0.944. The fourth-order valence-electron chi connectivity index (χ4n) is 2.02. The van der Waals surface area contributed by atoms with Crippen molar-refractivity contribution in [1.82, 2.24) is 9.88 Å². The van der Waals surface area contributed by atoms with Gasteiger partial charge in [0.15, 0.2) is 0 Å². The molecule has 0 spiro atoms. The molecule has 2 heterocycles. The van der Waals surface area contributed by atoms with Gasteiger partial charge in [0.2, 0.25) is 0 Å². The zero-order valence-corrected chi connectivity index (χ0v) is 10.9. The Labute approximate surface area is 104 Å². The van der Waals surface area contributed by atoms with Crippen LogP contribution in [0.5, 0.6) is 0 Å². The Morgan fingerprint density at radius 1 is 1.75 bits per heavy atom. The minimum Gasteiger partial charge on any atom is -0.338 e. The number of aryl methyl sites for hydroxylation is 1. The lowest BCUT2D eigenvalue weighted by Gasteiger charge is -2.14. The second kappa shape index (κ2) is 5.15. The van der Waals surface area contributed by atoms with Crippen molar-refractivity contribution in [3.8, 4) is 0 Å². The van der Waals surface area contributed by atoms with Crippen LogP contribution in [-0.4, -0.2) is 34.8 Å². The first-order chi connectivity index (χ1) is 7.70. The van der Waals surface area contributed by atoms with E-state index in [0.717, 1.165) is 35.8 Å². The quantitative estimate of drug-likeness (QED) is 0.781. The van der Waals surface area contributed by atoms with E-state index in [1.54, 1.807) is 6.20 Å². The molecule has 1 atom stereocenters. The highest BCUT2D eigenvalue weighted by Crippen LogP contribution is 2.23. The van der Waals surface area contributed by atoms with Crippen molar-refractivity contribution in [3.05, 3.63) is 16.1 Å². The zero-order chi connectivity index (χ0) is 11.5. The van der Waals surface area contributed by atoms with Crippen LogP contribution in [0.25, 0.3) is 0 Å². The third-order valence-corrected chi connectivity index (χ3v) is 4.04. The van der Waals surface area contributed by atoms with Gasteiger partial charge in [-0.15, -0.1) is 22.9 Å². The summed E-state index contributed by atoms with van der Waals surface area (Å²) >= 11 is 7.19. The van der Waals surface area contributed by atoms with E-state index in [0.29, 0.717) is 11.8 Å². The van der Waals surface area contributed by atoms with Gasteiger partial charge in [-0.1, -0.05) is 0 Å². The molecule has 1 aromatic rings. The number of halogens is 1. The maximum atomic E-state index is 12.1. The van der Waals surface area contributed by atoms with E-state index in [1.807, 2.05) is 11.8 Å². The van der Waals surface area contributed by atoms with Crippen LogP contribution < -0.4 is 0 Å². The summed E-state index contributed by atoms with van der Waals surface area (Å²) < 4.78 is 0. The maximum Gasteiger partial charge on any atom is 0.265 e. The summed E-state index contributed by atoms with van der Waals surface area (Å²) in [6.45, 7) is 3.63. The number of nitrogens with zero attached hydrogens (tertiary/aromatic N) is 2. The molecule has 1 amide bonds. The summed E-state index contributed by atoms with van der Waals surface area (Å²) in [5.74, 6) is 1.39. The molecule has 1 saturated heterocycles. The predicted octanol–water partition coefficient (Wildman–Crippen LogP) is 2.54. The standard InChI is InChI=1S/C11H15ClN2OS/c1-8-13-6-10(16-8)11(15)14-5-3-9(7-14)2-4-12/h6,9H,2-5,7H2,1H3. The van der Waals surface area contributed by atoms with E-state index in [4.69, 9.17) is 11.6 Å². The summed E-state index contributed by atoms with van der Waals surface area (Å²) in [4.78, 5) is 18.9. The third-order valence-electron chi connectivity index (χ3n) is 2.92. The van der Waals surface area contributed by atoms with Crippen LogP contribution in [0.2, 0.25) is 0 Å². The second-order valence-corrected chi connectivity index (χ2v) is 5.74. The van der Waals surface area contributed by atoms with Crippen molar-refractivity contribution >= 4 is 28.8 Å². The molecule has 16 heavy (non-hydrogen) atoms. The van der Waals surface area contributed by atoms with Crippen molar-refractivity contribution in [3.63, 3.8) is 0 Å². The number of amides is 1. The molecule has 88 valence electrons. The van der Waals surface area contributed by atoms with Gasteiger partial charge in [-0.25, -0.2) is 4.98 Å². The number of alkyl halides is 1. The average molecular weight is 259 g/mol. The Balaban J connectivity index is 1.97. The largest absolute Gasteiger partial charge is 0.338 e. The van der Waals surface area contributed by atoms with Gasteiger partial charge in [0, 0.05) is 19.0 Å². The van der Waals surface area contributed by atoms with Crippen LogP contribution >= 0.6 is 22.9 Å². The molecule has 1 aromatic heterocycles. The molecule has 2 rings (SSSR count). The summed E-state index contributed by atoms with van der Waals surface area (Å²) in [6, 6.07) is 0.